The van der Waals surface area contributed by atoms with E-state index in [4.69, 9.17) is 4.74 Å². The Morgan fingerprint density at radius 1 is 1.40 bits per heavy atom. The third-order valence-corrected chi connectivity index (χ3v) is 3.30. The standard InChI is InChI=1S/C15H20FN3O/c1-11-14(15(16)19(2)18-11)10-17-8-7-12-5-4-6-13(9-12)20-3/h4-6,9,17H,7-8,10H2,1-3H3. The fraction of sp³-hybridized carbons (Fsp3) is 0.400. The molecule has 1 heterocycles. The molecule has 1 aromatic carbocycles. The van der Waals surface area contributed by atoms with Crippen LogP contribution in [0, 0.1) is 12.9 Å². The zero-order chi connectivity index (χ0) is 14.5. The van der Waals surface area contributed by atoms with Crippen molar-refractivity contribution in [2.24, 2.45) is 7.05 Å². The van der Waals surface area contributed by atoms with E-state index in [2.05, 4.69) is 16.5 Å². The second-order valence-corrected chi connectivity index (χ2v) is 4.76. The third-order valence-electron chi connectivity index (χ3n) is 3.30. The summed E-state index contributed by atoms with van der Waals surface area (Å²) >= 11 is 0. The van der Waals surface area contributed by atoms with Gasteiger partial charge in [0, 0.05) is 19.2 Å². The maximum atomic E-state index is 13.7. The zero-order valence-electron chi connectivity index (χ0n) is 12.1. The van der Waals surface area contributed by atoms with Gasteiger partial charge in [-0.2, -0.15) is 9.49 Å². The van der Waals surface area contributed by atoms with Gasteiger partial charge in [-0.15, -0.1) is 0 Å². The molecule has 0 spiro atoms. The van der Waals surface area contributed by atoms with Gasteiger partial charge < -0.3 is 10.1 Å². The first-order valence-electron chi connectivity index (χ1n) is 6.63. The van der Waals surface area contributed by atoms with Crippen molar-refractivity contribution in [2.75, 3.05) is 13.7 Å². The minimum atomic E-state index is -0.267. The molecule has 0 atom stereocenters. The Labute approximate surface area is 118 Å². The van der Waals surface area contributed by atoms with Gasteiger partial charge in [0.25, 0.3) is 0 Å². The molecule has 0 fully saturated rings. The summed E-state index contributed by atoms with van der Waals surface area (Å²) in [5.41, 5.74) is 2.57. The van der Waals surface area contributed by atoms with E-state index in [1.165, 1.54) is 10.2 Å². The third kappa shape index (κ3) is 3.36. The normalized spacial score (nSPS) is 10.8. The van der Waals surface area contributed by atoms with Gasteiger partial charge in [0.15, 0.2) is 0 Å². The Morgan fingerprint density at radius 2 is 2.20 bits per heavy atom. The molecule has 0 saturated carbocycles. The average molecular weight is 277 g/mol. The maximum absolute atomic E-state index is 13.7. The van der Waals surface area contributed by atoms with E-state index in [0.717, 1.165) is 24.4 Å². The number of hydrogen-bond acceptors (Lipinski definition) is 3. The number of rotatable bonds is 6. The molecule has 0 aliphatic heterocycles. The van der Waals surface area contributed by atoms with Crippen LogP contribution in [0.5, 0.6) is 5.75 Å². The maximum Gasteiger partial charge on any atom is 0.215 e. The lowest BCUT2D eigenvalue weighted by atomic mass is 10.1. The SMILES string of the molecule is COc1cccc(CCNCc2c(C)nn(C)c2F)c1. The fourth-order valence-electron chi connectivity index (χ4n) is 2.15. The summed E-state index contributed by atoms with van der Waals surface area (Å²) in [6.07, 6.45) is 0.873. The number of aromatic nitrogens is 2. The molecule has 0 aliphatic carbocycles. The predicted molar refractivity (Wildman–Crippen MR) is 76.3 cm³/mol. The van der Waals surface area contributed by atoms with E-state index in [-0.39, 0.29) is 5.95 Å². The Hall–Kier alpha value is -1.88. The van der Waals surface area contributed by atoms with Crippen LogP contribution in [0.4, 0.5) is 4.39 Å². The summed E-state index contributed by atoms with van der Waals surface area (Å²) in [4.78, 5) is 0. The molecule has 0 saturated heterocycles. The van der Waals surface area contributed by atoms with Crippen LogP contribution in [-0.4, -0.2) is 23.4 Å². The molecule has 0 bridgehead atoms. The molecule has 1 N–H and O–H groups in total. The van der Waals surface area contributed by atoms with Crippen molar-refractivity contribution in [1.82, 2.24) is 15.1 Å². The quantitative estimate of drug-likeness (QED) is 0.823. The zero-order valence-corrected chi connectivity index (χ0v) is 12.1. The molecule has 2 aromatic rings. The summed E-state index contributed by atoms with van der Waals surface area (Å²) in [7, 11) is 3.27. The molecule has 0 unspecified atom stereocenters. The lowest BCUT2D eigenvalue weighted by Crippen LogP contribution is -2.17. The predicted octanol–water partition coefficient (Wildman–Crippen LogP) is 2.21. The van der Waals surface area contributed by atoms with Gasteiger partial charge in [0.1, 0.15) is 5.75 Å². The topological polar surface area (TPSA) is 39.1 Å². The number of nitrogens with one attached hydrogen (secondary N) is 1. The summed E-state index contributed by atoms with van der Waals surface area (Å²) in [5, 5.41) is 7.30. The van der Waals surface area contributed by atoms with Crippen molar-refractivity contribution in [3.05, 3.63) is 47.0 Å². The highest BCUT2D eigenvalue weighted by molar-refractivity contribution is 5.28. The number of halogens is 1. The van der Waals surface area contributed by atoms with Crippen LogP contribution in [0.25, 0.3) is 0 Å². The van der Waals surface area contributed by atoms with Gasteiger partial charge in [-0.3, -0.25) is 0 Å². The van der Waals surface area contributed by atoms with E-state index < -0.39 is 0 Å². The molecule has 0 aliphatic rings. The Morgan fingerprint density at radius 3 is 2.85 bits per heavy atom. The number of aryl methyl sites for hydroxylation is 2. The molecule has 5 heteroatoms. The highest BCUT2D eigenvalue weighted by Crippen LogP contribution is 2.13. The molecular weight excluding hydrogens is 257 g/mol. The summed E-state index contributed by atoms with van der Waals surface area (Å²) < 4.78 is 20.2. The number of ether oxygens (including phenoxy) is 1. The number of nitrogens with zero attached hydrogens (tertiary/aromatic N) is 2. The molecular formula is C15H20FN3O. The van der Waals surface area contributed by atoms with E-state index in [0.29, 0.717) is 12.1 Å². The number of methoxy groups -OCH3 is 1. The first-order valence-corrected chi connectivity index (χ1v) is 6.63. The van der Waals surface area contributed by atoms with Crippen molar-refractivity contribution in [3.63, 3.8) is 0 Å². The Bertz CT molecular complexity index is 580. The largest absolute Gasteiger partial charge is 0.497 e. The fourth-order valence-corrected chi connectivity index (χ4v) is 2.15. The lowest BCUT2D eigenvalue weighted by molar-refractivity contribution is 0.414. The van der Waals surface area contributed by atoms with E-state index in [9.17, 15) is 4.39 Å². The van der Waals surface area contributed by atoms with Gasteiger partial charge in [-0.05, 0) is 37.6 Å². The van der Waals surface area contributed by atoms with Gasteiger partial charge in [-0.25, -0.2) is 4.68 Å². The first kappa shape index (κ1) is 14.5. The molecule has 1 aromatic heterocycles. The molecule has 108 valence electrons. The van der Waals surface area contributed by atoms with Gasteiger partial charge in [0.2, 0.25) is 5.95 Å². The van der Waals surface area contributed by atoms with Crippen molar-refractivity contribution in [2.45, 2.75) is 19.9 Å². The smallest absolute Gasteiger partial charge is 0.215 e. The van der Waals surface area contributed by atoms with Crippen LogP contribution in [0.1, 0.15) is 16.8 Å². The van der Waals surface area contributed by atoms with Crippen LogP contribution < -0.4 is 10.1 Å². The molecule has 2 rings (SSSR count). The van der Waals surface area contributed by atoms with E-state index in [1.807, 2.05) is 25.1 Å². The van der Waals surface area contributed by atoms with Gasteiger partial charge in [0.05, 0.1) is 12.8 Å². The van der Waals surface area contributed by atoms with Crippen LogP contribution >= 0.6 is 0 Å². The highest BCUT2D eigenvalue weighted by atomic mass is 19.1. The Balaban J connectivity index is 1.84. The number of hydrogen-bond donors (Lipinski definition) is 1. The van der Waals surface area contributed by atoms with Crippen LogP contribution in [0.15, 0.2) is 24.3 Å². The van der Waals surface area contributed by atoms with Gasteiger partial charge in [-0.1, -0.05) is 12.1 Å². The number of benzene rings is 1. The minimum Gasteiger partial charge on any atom is -0.497 e. The lowest BCUT2D eigenvalue weighted by Gasteiger charge is -2.06. The summed E-state index contributed by atoms with van der Waals surface area (Å²) in [5.74, 6) is 0.591. The average Bonchev–Trinajstić information content (AvgIpc) is 2.69. The van der Waals surface area contributed by atoms with Crippen LogP contribution in [0.3, 0.4) is 0 Å². The van der Waals surface area contributed by atoms with Crippen molar-refractivity contribution in [1.29, 1.82) is 0 Å². The molecule has 4 nitrogen and oxygen atoms in total. The summed E-state index contributed by atoms with van der Waals surface area (Å²) in [6.45, 7) is 3.10. The second kappa shape index (κ2) is 6.52. The van der Waals surface area contributed by atoms with E-state index >= 15 is 0 Å². The second-order valence-electron chi connectivity index (χ2n) is 4.76. The van der Waals surface area contributed by atoms with Gasteiger partial charge >= 0.3 is 0 Å². The summed E-state index contributed by atoms with van der Waals surface area (Å²) in [6, 6.07) is 7.96. The molecule has 20 heavy (non-hydrogen) atoms. The van der Waals surface area contributed by atoms with Crippen molar-refractivity contribution in [3.8, 4) is 5.75 Å². The van der Waals surface area contributed by atoms with Crippen molar-refractivity contribution < 1.29 is 9.13 Å². The monoisotopic (exact) mass is 277 g/mol. The first-order chi connectivity index (χ1) is 9.61. The van der Waals surface area contributed by atoms with Crippen molar-refractivity contribution >= 4 is 0 Å². The Kier molecular flexibility index (Phi) is 4.74. The minimum absolute atomic E-state index is 0.267. The van der Waals surface area contributed by atoms with Crippen LogP contribution in [-0.2, 0) is 20.0 Å². The molecule has 0 radical (unpaired) electrons. The molecule has 0 amide bonds. The highest BCUT2D eigenvalue weighted by Gasteiger charge is 2.11. The van der Waals surface area contributed by atoms with Crippen LogP contribution in [0.2, 0.25) is 0 Å². The van der Waals surface area contributed by atoms with E-state index in [1.54, 1.807) is 14.2 Å².